The number of halogens is 1. The predicted octanol–water partition coefficient (Wildman–Crippen LogP) is 4.39. The Labute approximate surface area is 121 Å². The Morgan fingerprint density at radius 3 is 2.68 bits per heavy atom. The van der Waals surface area contributed by atoms with E-state index in [9.17, 15) is 0 Å². The van der Waals surface area contributed by atoms with Crippen molar-refractivity contribution >= 4 is 11.6 Å². The summed E-state index contributed by atoms with van der Waals surface area (Å²) >= 11 is 6.00. The third-order valence-electron chi connectivity index (χ3n) is 2.66. The first-order chi connectivity index (χ1) is 8.78. The van der Waals surface area contributed by atoms with Crippen molar-refractivity contribution in [2.75, 3.05) is 6.61 Å². The molecule has 19 heavy (non-hydrogen) atoms. The highest BCUT2D eigenvalue weighted by Gasteiger charge is 2.20. The maximum absolute atomic E-state index is 6.00. The zero-order valence-corrected chi connectivity index (χ0v) is 13.1. The second-order valence-corrected chi connectivity index (χ2v) is 6.42. The van der Waals surface area contributed by atoms with E-state index in [-0.39, 0.29) is 5.41 Å². The Kier molecular flexibility index (Phi) is 5.74. The van der Waals surface area contributed by atoms with Crippen molar-refractivity contribution in [1.29, 1.82) is 0 Å². The highest BCUT2D eigenvalue weighted by molar-refractivity contribution is 6.30. The minimum atomic E-state index is 0.0340. The van der Waals surface area contributed by atoms with E-state index in [1.165, 1.54) is 5.56 Å². The maximum atomic E-state index is 6.00. The van der Waals surface area contributed by atoms with Crippen LogP contribution in [0.3, 0.4) is 0 Å². The van der Waals surface area contributed by atoms with E-state index in [0.717, 1.165) is 11.4 Å². The van der Waals surface area contributed by atoms with E-state index < -0.39 is 0 Å². The lowest BCUT2D eigenvalue weighted by atomic mass is 9.87. The van der Waals surface area contributed by atoms with E-state index in [2.05, 4.69) is 45.7 Å². The van der Waals surface area contributed by atoms with Crippen LogP contribution in [0.15, 0.2) is 36.7 Å². The summed E-state index contributed by atoms with van der Waals surface area (Å²) in [5, 5.41) is 3.93. The van der Waals surface area contributed by atoms with Gasteiger partial charge in [0.2, 0.25) is 0 Å². The van der Waals surface area contributed by atoms with E-state index >= 15 is 0 Å². The number of ether oxygens (including phenoxy) is 1. The number of rotatable bonds is 7. The summed E-state index contributed by atoms with van der Waals surface area (Å²) in [6.07, 6.45) is 0.919. The third-order valence-corrected chi connectivity index (χ3v) is 2.89. The SMILES string of the molecule is C=C(NC(C)C)OCC(C)(C)Cc1cccc(Cl)c1. The van der Waals surface area contributed by atoms with Crippen LogP contribution in [0.5, 0.6) is 0 Å². The molecule has 0 saturated heterocycles. The molecule has 0 unspecified atom stereocenters. The molecule has 0 atom stereocenters. The van der Waals surface area contributed by atoms with Crippen molar-refractivity contribution in [3.63, 3.8) is 0 Å². The predicted molar refractivity (Wildman–Crippen MR) is 82.3 cm³/mol. The summed E-state index contributed by atoms with van der Waals surface area (Å²) in [6, 6.07) is 8.30. The van der Waals surface area contributed by atoms with Gasteiger partial charge >= 0.3 is 0 Å². The Hall–Kier alpha value is -1.15. The normalized spacial score (nSPS) is 11.5. The second-order valence-electron chi connectivity index (χ2n) is 5.98. The fraction of sp³-hybridized carbons (Fsp3) is 0.500. The Morgan fingerprint density at radius 1 is 1.42 bits per heavy atom. The quantitative estimate of drug-likeness (QED) is 0.748. The lowest BCUT2D eigenvalue weighted by Crippen LogP contribution is -2.28. The van der Waals surface area contributed by atoms with Gasteiger partial charge in [-0.3, -0.25) is 0 Å². The first-order valence-corrected chi connectivity index (χ1v) is 6.99. The summed E-state index contributed by atoms with van der Waals surface area (Å²) in [4.78, 5) is 0. The van der Waals surface area contributed by atoms with Crippen LogP contribution in [0.2, 0.25) is 5.02 Å². The lowest BCUT2D eigenvalue weighted by Gasteiger charge is -2.26. The molecule has 0 heterocycles. The molecule has 0 saturated carbocycles. The second kappa shape index (κ2) is 6.85. The van der Waals surface area contributed by atoms with Crippen molar-refractivity contribution in [3.8, 4) is 0 Å². The van der Waals surface area contributed by atoms with E-state index in [4.69, 9.17) is 16.3 Å². The van der Waals surface area contributed by atoms with Crippen LogP contribution >= 0.6 is 11.6 Å². The molecule has 0 bridgehead atoms. The molecule has 0 amide bonds. The first-order valence-electron chi connectivity index (χ1n) is 6.61. The van der Waals surface area contributed by atoms with Gasteiger partial charge in [0.05, 0.1) is 6.61 Å². The fourth-order valence-electron chi connectivity index (χ4n) is 1.90. The smallest absolute Gasteiger partial charge is 0.179 e. The van der Waals surface area contributed by atoms with E-state index in [1.807, 2.05) is 18.2 Å². The average Bonchev–Trinajstić information content (AvgIpc) is 2.25. The van der Waals surface area contributed by atoms with Gasteiger partial charge in [0, 0.05) is 16.5 Å². The standard InChI is InChI=1S/C16H24ClNO/c1-12(2)18-13(3)19-11-16(4,5)10-14-7-6-8-15(17)9-14/h6-9,12,18H,3,10-11H2,1-2,4-5H3. The van der Waals surface area contributed by atoms with Gasteiger partial charge in [-0.1, -0.05) is 37.6 Å². The number of hydrogen-bond acceptors (Lipinski definition) is 2. The highest BCUT2D eigenvalue weighted by atomic mass is 35.5. The van der Waals surface area contributed by atoms with Crippen molar-refractivity contribution < 1.29 is 4.74 Å². The summed E-state index contributed by atoms with van der Waals surface area (Å²) in [5.41, 5.74) is 1.26. The first kappa shape index (κ1) is 15.9. The molecular formula is C16H24ClNO. The van der Waals surface area contributed by atoms with E-state index in [1.54, 1.807) is 0 Å². The number of benzene rings is 1. The van der Waals surface area contributed by atoms with Gasteiger partial charge in [-0.15, -0.1) is 0 Å². The average molecular weight is 282 g/mol. The highest BCUT2D eigenvalue weighted by Crippen LogP contribution is 2.24. The molecule has 0 aromatic heterocycles. The largest absolute Gasteiger partial charge is 0.479 e. The van der Waals surface area contributed by atoms with Crippen molar-refractivity contribution in [2.24, 2.45) is 5.41 Å². The van der Waals surface area contributed by atoms with Gasteiger partial charge < -0.3 is 10.1 Å². The van der Waals surface area contributed by atoms with Crippen LogP contribution in [-0.4, -0.2) is 12.6 Å². The minimum absolute atomic E-state index is 0.0340. The molecule has 1 aromatic rings. The van der Waals surface area contributed by atoms with Crippen LogP contribution < -0.4 is 5.32 Å². The van der Waals surface area contributed by atoms with Crippen LogP contribution in [0.1, 0.15) is 33.3 Å². The molecule has 0 spiro atoms. The monoisotopic (exact) mass is 281 g/mol. The zero-order valence-electron chi connectivity index (χ0n) is 12.3. The third kappa shape index (κ3) is 6.53. The van der Waals surface area contributed by atoms with Crippen LogP contribution in [0.25, 0.3) is 0 Å². The summed E-state index contributed by atoms with van der Waals surface area (Å²) < 4.78 is 5.68. The van der Waals surface area contributed by atoms with Crippen LogP contribution in [-0.2, 0) is 11.2 Å². The van der Waals surface area contributed by atoms with Gasteiger partial charge in [0.25, 0.3) is 0 Å². The van der Waals surface area contributed by atoms with Crippen molar-refractivity contribution in [1.82, 2.24) is 5.32 Å². The van der Waals surface area contributed by atoms with Crippen LogP contribution in [0, 0.1) is 5.41 Å². The molecule has 2 nitrogen and oxygen atoms in total. The molecule has 3 heteroatoms. The Bertz CT molecular complexity index is 427. The van der Waals surface area contributed by atoms with E-state index in [0.29, 0.717) is 18.5 Å². The Morgan fingerprint density at radius 2 is 2.11 bits per heavy atom. The molecule has 1 rings (SSSR count). The molecule has 0 aliphatic carbocycles. The number of hydrogen-bond donors (Lipinski definition) is 1. The molecule has 1 N–H and O–H groups in total. The Balaban J connectivity index is 2.50. The molecule has 1 aromatic carbocycles. The molecule has 106 valence electrons. The molecule has 0 radical (unpaired) electrons. The minimum Gasteiger partial charge on any atom is -0.479 e. The van der Waals surface area contributed by atoms with Gasteiger partial charge in [-0.25, -0.2) is 0 Å². The van der Waals surface area contributed by atoms with Gasteiger partial charge in [0.1, 0.15) is 0 Å². The van der Waals surface area contributed by atoms with Crippen LogP contribution in [0.4, 0.5) is 0 Å². The maximum Gasteiger partial charge on any atom is 0.179 e. The van der Waals surface area contributed by atoms with Gasteiger partial charge in [0.15, 0.2) is 5.88 Å². The molecule has 0 fully saturated rings. The summed E-state index contributed by atoms with van der Waals surface area (Å²) in [6.45, 7) is 13.0. The molecule has 0 aliphatic heterocycles. The zero-order chi connectivity index (χ0) is 14.5. The molecule has 0 aliphatic rings. The van der Waals surface area contributed by atoms with Gasteiger partial charge in [-0.05, 0) is 44.5 Å². The van der Waals surface area contributed by atoms with Gasteiger partial charge in [-0.2, -0.15) is 0 Å². The van der Waals surface area contributed by atoms with Crippen molar-refractivity contribution in [2.45, 2.75) is 40.2 Å². The summed E-state index contributed by atoms with van der Waals surface area (Å²) in [7, 11) is 0. The summed E-state index contributed by atoms with van der Waals surface area (Å²) in [5.74, 6) is 0.633. The topological polar surface area (TPSA) is 21.3 Å². The lowest BCUT2D eigenvalue weighted by molar-refractivity contribution is 0.101. The molecular weight excluding hydrogens is 258 g/mol. The van der Waals surface area contributed by atoms with Crippen molar-refractivity contribution in [3.05, 3.63) is 47.3 Å². The fourth-order valence-corrected chi connectivity index (χ4v) is 2.11. The number of nitrogens with one attached hydrogen (secondary N) is 1.